The Morgan fingerprint density at radius 3 is 2.56 bits per heavy atom. The molecule has 0 atom stereocenters. The first kappa shape index (κ1) is 23.1. The van der Waals surface area contributed by atoms with Gasteiger partial charge in [-0.25, -0.2) is 13.2 Å². The highest BCUT2D eigenvalue weighted by molar-refractivity contribution is 9.10. The predicted octanol–water partition coefficient (Wildman–Crippen LogP) is 4.51. The third kappa shape index (κ3) is 3.94. The maximum absolute atomic E-state index is 13.2. The molecule has 0 saturated heterocycles. The van der Waals surface area contributed by atoms with E-state index in [9.17, 15) is 18.0 Å². The quantitative estimate of drug-likeness (QED) is 0.460. The minimum absolute atomic E-state index is 0.0792. The number of pyridine rings is 1. The van der Waals surface area contributed by atoms with Crippen LogP contribution >= 0.6 is 15.9 Å². The highest BCUT2D eigenvalue weighted by Crippen LogP contribution is 2.43. The van der Waals surface area contributed by atoms with Crippen molar-refractivity contribution in [2.45, 2.75) is 62.0 Å². The Morgan fingerprint density at radius 2 is 1.91 bits per heavy atom. The number of esters is 1. The smallest absolute Gasteiger partial charge is 0.356 e. The average Bonchev–Trinajstić information content (AvgIpc) is 3.56. The molecule has 7 nitrogen and oxygen atoms in total. The van der Waals surface area contributed by atoms with Gasteiger partial charge in [0.05, 0.1) is 26.9 Å². The maximum Gasteiger partial charge on any atom is 0.356 e. The molecule has 34 heavy (non-hydrogen) atoms. The van der Waals surface area contributed by atoms with Crippen molar-refractivity contribution in [1.29, 1.82) is 0 Å². The second-order valence-electron chi connectivity index (χ2n) is 9.18. The van der Waals surface area contributed by atoms with Crippen molar-refractivity contribution in [3.63, 3.8) is 0 Å². The Labute approximate surface area is 206 Å². The molecular formula is C25H25BrN2O5S. The van der Waals surface area contributed by atoms with Crippen LogP contribution in [0.3, 0.4) is 0 Å². The third-order valence-electron chi connectivity index (χ3n) is 6.29. The maximum atomic E-state index is 13.2. The highest BCUT2D eigenvalue weighted by Gasteiger charge is 2.35. The van der Waals surface area contributed by atoms with Gasteiger partial charge in [0.1, 0.15) is 10.6 Å². The van der Waals surface area contributed by atoms with Gasteiger partial charge >= 0.3 is 5.97 Å². The van der Waals surface area contributed by atoms with Gasteiger partial charge in [-0.2, -0.15) is 0 Å². The van der Waals surface area contributed by atoms with Crippen LogP contribution in [0.25, 0.3) is 11.4 Å². The topological polar surface area (TPSA) is 98.2 Å². The zero-order chi connectivity index (χ0) is 24.2. The van der Waals surface area contributed by atoms with Gasteiger partial charge in [0.2, 0.25) is 9.84 Å². The van der Waals surface area contributed by atoms with Gasteiger partial charge in [0.15, 0.2) is 0 Å². The molecule has 5 rings (SSSR count). The SMILES string of the molecule is CC(C)OC(=O)c1c(Br)c2c(n1CC1CC1)-c1[nH]c(=O)c(S(=O)(=O)c3ccccc3)cc1CC2. The molecule has 0 amide bonds. The molecule has 1 saturated carbocycles. The first-order valence-electron chi connectivity index (χ1n) is 11.4. The molecule has 0 spiro atoms. The number of aryl methyl sites for hydroxylation is 1. The number of rotatable bonds is 6. The fourth-order valence-electron chi connectivity index (χ4n) is 4.51. The van der Waals surface area contributed by atoms with Crippen LogP contribution in [0.2, 0.25) is 0 Å². The molecule has 3 aromatic rings. The van der Waals surface area contributed by atoms with Crippen LogP contribution in [-0.4, -0.2) is 30.0 Å². The summed E-state index contributed by atoms with van der Waals surface area (Å²) in [5, 5.41) is 0. The molecule has 2 heterocycles. The molecule has 9 heteroatoms. The first-order valence-corrected chi connectivity index (χ1v) is 13.6. The van der Waals surface area contributed by atoms with E-state index in [1.54, 1.807) is 32.0 Å². The number of hydrogen-bond acceptors (Lipinski definition) is 5. The van der Waals surface area contributed by atoms with E-state index in [2.05, 4.69) is 20.9 Å². The van der Waals surface area contributed by atoms with Crippen LogP contribution in [0.5, 0.6) is 0 Å². The number of carbonyl (C=O) groups is 1. The fraction of sp³-hybridized carbons (Fsp3) is 0.360. The number of sulfone groups is 1. The number of benzene rings is 1. The lowest BCUT2D eigenvalue weighted by Gasteiger charge is -2.21. The molecule has 0 bridgehead atoms. The minimum Gasteiger partial charge on any atom is -0.458 e. The van der Waals surface area contributed by atoms with E-state index in [0.29, 0.717) is 41.2 Å². The molecule has 2 aromatic heterocycles. The first-order chi connectivity index (χ1) is 16.2. The molecule has 0 radical (unpaired) electrons. The van der Waals surface area contributed by atoms with Crippen LogP contribution < -0.4 is 5.56 Å². The molecule has 0 unspecified atom stereocenters. The highest BCUT2D eigenvalue weighted by atomic mass is 79.9. The van der Waals surface area contributed by atoms with E-state index >= 15 is 0 Å². The van der Waals surface area contributed by atoms with Gasteiger partial charge in [-0.05, 0) is 90.7 Å². The zero-order valence-corrected chi connectivity index (χ0v) is 21.3. The minimum atomic E-state index is -3.96. The molecule has 178 valence electrons. The van der Waals surface area contributed by atoms with Crippen molar-refractivity contribution in [2.24, 2.45) is 5.92 Å². The summed E-state index contributed by atoms with van der Waals surface area (Å²) in [7, 11) is -3.96. The Kier molecular flexibility index (Phi) is 5.80. The van der Waals surface area contributed by atoms with Crippen LogP contribution in [0, 0.1) is 5.92 Å². The van der Waals surface area contributed by atoms with Gasteiger partial charge in [0.25, 0.3) is 5.56 Å². The summed E-state index contributed by atoms with van der Waals surface area (Å²) in [5.41, 5.74) is 2.78. The van der Waals surface area contributed by atoms with Crippen molar-refractivity contribution in [1.82, 2.24) is 9.55 Å². The summed E-state index contributed by atoms with van der Waals surface area (Å²) in [6, 6.07) is 9.45. The number of aromatic amines is 1. The summed E-state index contributed by atoms with van der Waals surface area (Å²) in [6.07, 6.45) is 3.06. The van der Waals surface area contributed by atoms with Gasteiger partial charge in [0, 0.05) is 6.54 Å². The molecule has 1 aromatic carbocycles. The standard InChI is InChI=1S/C25H25BrN2O5S/c1-14(2)33-25(30)23-20(26)18-11-10-16-12-19(34(31,32)17-6-4-3-5-7-17)24(29)27-21(16)22(18)28(23)13-15-8-9-15/h3-7,12,14-15H,8-11,13H2,1-2H3,(H,27,29). The lowest BCUT2D eigenvalue weighted by atomic mass is 9.94. The van der Waals surface area contributed by atoms with Crippen molar-refractivity contribution >= 4 is 31.7 Å². The zero-order valence-electron chi connectivity index (χ0n) is 18.9. The number of halogens is 1. The Balaban J connectivity index is 1.68. The van der Waals surface area contributed by atoms with Crippen molar-refractivity contribution in [3.05, 3.63) is 68.0 Å². The largest absolute Gasteiger partial charge is 0.458 e. The molecule has 0 aliphatic heterocycles. The average molecular weight is 545 g/mol. The number of hydrogen-bond donors (Lipinski definition) is 1. The number of nitrogens with one attached hydrogen (secondary N) is 1. The normalized spacial score (nSPS) is 15.2. The Hall–Kier alpha value is -2.65. The molecule has 2 aliphatic carbocycles. The molecular weight excluding hydrogens is 520 g/mol. The summed E-state index contributed by atoms with van der Waals surface area (Å²) < 4.78 is 34.5. The van der Waals surface area contributed by atoms with Gasteiger partial charge < -0.3 is 14.3 Å². The monoisotopic (exact) mass is 544 g/mol. The van der Waals surface area contributed by atoms with Crippen molar-refractivity contribution < 1.29 is 17.9 Å². The molecule has 2 aliphatic rings. The Morgan fingerprint density at radius 1 is 1.21 bits per heavy atom. The van der Waals surface area contributed by atoms with Crippen LogP contribution in [0.4, 0.5) is 0 Å². The van der Waals surface area contributed by atoms with Crippen molar-refractivity contribution in [3.8, 4) is 11.4 Å². The van der Waals surface area contributed by atoms with Crippen LogP contribution in [0.15, 0.2) is 55.5 Å². The molecule has 1 fully saturated rings. The third-order valence-corrected chi connectivity index (χ3v) is 8.91. The Bertz CT molecular complexity index is 1450. The molecule has 1 N–H and O–H groups in total. The summed E-state index contributed by atoms with van der Waals surface area (Å²) in [4.78, 5) is 28.8. The van der Waals surface area contributed by atoms with E-state index in [0.717, 1.165) is 29.7 Å². The van der Waals surface area contributed by atoms with E-state index in [-0.39, 0.29) is 15.9 Å². The van der Waals surface area contributed by atoms with E-state index in [1.807, 2.05) is 4.57 Å². The fourth-order valence-corrected chi connectivity index (χ4v) is 6.63. The van der Waals surface area contributed by atoms with E-state index in [4.69, 9.17) is 4.74 Å². The van der Waals surface area contributed by atoms with E-state index < -0.39 is 21.4 Å². The lowest BCUT2D eigenvalue weighted by molar-refractivity contribution is 0.0363. The summed E-state index contributed by atoms with van der Waals surface area (Å²) in [6.45, 7) is 4.25. The van der Waals surface area contributed by atoms with E-state index in [1.165, 1.54) is 18.2 Å². The number of aromatic nitrogens is 2. The number of H-pyrrole nitrogens is 1. The van der Waals surface area contributed by atoms with Crippen molar-refractivity contribution in [2.75, 3.05) is 0 Å². The second kappa shape index (κ2) is 8.53. The summed E-state index contributed by atoms with van der Waals surface area (Å²) >= 11 is 3.63. The predicted molar refractivity (Wildman–Crippen MR) is 131 cm³/mol. The van der Waals surface area contributed by atoms with Gasteiger partial charge in [-0.3, -0.25) is 4.79 Å². The van der Waals surface area contributed by atoms with Gasteiger partial charge in [-0.15, -0.1) is 0 Å². The summed E-state index contributed by atoms with van der Waals surface area (Å²) in [5.74, 6) is 0.0490. The second-order valence-corrected chi connectivity index (χ2v) is 11.9. The lowest BCUT2D eigenvalue weighted by Crippen LogP contribution is -2.23. The van der Waals surface area contributed by atoms with Crippen LogP contribution in [0.1, 0.15) is 48.3 Å². The number of nitrogens with zero attached hydrogens (tertiary/aromatic N) is 1. The number of carbonyl (C=O) groups excluding carboxylic acids is 1. The number of ether oxygens (including phenoxy) is 1. The van der Waals surface area contributed by atoms with Crippen LogP contribution in [-0.2, 0) is 34.0 Å². The van der Waals surface area contributed by atoms with Gasteiger partial charge in [-0.1, -0.05) is 18.2 Å². The number of fused-ring (bicyclic) bond motifs is 3.